The van der Waals surface area contributed by atoms with Crippen LogP contribution >= 0.6 is 15.9 Å². The van der Waals surface area contributed by atoms with Gasteiger partial charge >= 0.3 is 0 Å². The second kappa shape index (κ2) is 8.68. The van der Waals surface area contributed by atoms with Crippen LogP contribution in [0.3, 0.4) is 0 Å². The summed E-state index contributed by atoms with van der Waals surface area (Å²) in [6, 6.07) is 12.1. The SMILES string of the molecule is COc1cc2occ(-c3ccc(Br)cc3)c2cc1/C(C)=C/C(=O)N1CCC(C)CC1. The highest BCUT2D eigenvalue weighted by Gasteiger charge is 2.20. The normalized spacial score (nSPS) is 15.6. The Morgan fingerprint density at radius 3 is 2.57 bits per heavy atom. The minimum atomic E-state index is 0.0712. The van der Waals surface area contributed by atoms with Gasteiger partial charge in [-0.3, -0.25) is 4.79 Å². The molecule has 30 heavy (non-hydrogen) atoms. The van der Waals surface area contributed by atoms with Crippen LogP contribution in [0.25, 0.3) is 27.7 Å². The van der Waals surface area contributed by atoms with Crippen molar-refractivity contribution in [1.82, 2.24) is 4.90 Å². The first-order chi connectivity index (χ1) is 14.5. The molecule has 2 heterocycles. The van der Waals surface area contributed by atoms with Crippen molar-refractivity contribution < 1.29 is 13.9 Å². The molecule has 0 saturated carbocycles. The Labute approximate surface area is 185 Å². The molecule has 0 N–H and O–H groups in total. The summed E-state index contributed by atoms with van der Waals surface area (Å²) in [5.74, 6) is 1.47. The molecule has 4 nitrogen and oxygen atoms in total. The molecule has 156 valence electrons. The van der Waals surface area contributed by atoms with Gasteiger partial charge in [0, 0.05) is 46.2 Å². The Bertz CT molecular complexity index is 1090. The molecule has 1 saturated heterocycles. The second-order valence-electron chi connectivity index (χ2n) is 8.04. The van der Waals surface area contributed by atoms with Gasteiger partial charge in [-0.25, -0.2) is 0 Å². The predicted octanol–water partition coefficient (Wildman–Crippen LogP) is 6.53. The number of likely N-dealkylation sites (tertiary alicyclic amines) is 1. The van der Waals surface area contributed by atoms with Crippen LogP contribution in [0.2, 0.25) is 0 Å². The first-order valence-electron chi connectivity index (χ1n) is 10.3. The van der Waals surface area contributed by atoms with Gasteiger partial charge in [0.05, 0.1) is 13.4 Å². The van der Waals surface area contributed by atoms with E-state index in [0.717, 1.165) is 63.6 Å². The van der Waals surface area contributed by atoms with E-state index in [9.17, 15) is 4.79 Å². The first kappa shape index (κ1) is 20.7. The number of nitrogens with zero attached hydrogens (tertiary/aromatic N) is 1. The Balaban J connectivity index is 1.71. The summed E-state index contributed by atoms with van der Waals surface area (Å²) in [4.78, 5) is 14.8. The van der Waals surface area contributed by atoms with E-state index in [2.05, 4.69) is 41.1 Å². The summed E-state index contributed by atoms with van der Waals surface area (Å²) >= 11 is 3.48. The number of rotatable bonds is 4. The number of ether oxygens (including phenoxy) is 1. The van der Waals surface area contributed by atoms with Crippen molar-refractivity contribution in [2.75, 3.05) is 20.2 Å². The lowest BCUT2D eigenvalue weighted by Crippen LogP contribution is -2.36. The molecule has 1 aliphatic heterocycles. The number of carbonyl (C=O) groups excluding carboxylic acids is 1. The van der Waals surface area contributed by atoms with Crippen LogP contribution in [-0.4, -0.2) is 31.0 Å². The molecule has 0 unspecified atom stereocenters. The van der Waals surface area contributed by atoms with Crippen molar-refractivity contribution in [2.24, 2.45) is 5.92 Å². The zero-order valence-corrected chi connectivity index (χ0v) is 19.2. The monoisotopic (exact) mass is 467 g/mol. The maximum atomic E-state index is 12.8. The van der Waals surface area contributed by atoms with Gasteiger partial charge in [-0.05, 0) is 55.0 Å². The van der Waals surface area contributed by atoms with E-state index >= 15 is 0 Å². The van der Waals surface area contributed by atoms with Gasteiger partial charge in [0.2, 0.25) is 5.91 Å². The maximum Gasteiger partial charge on any atom is 0.246 e. The van der Waals surface area contributed by atoms with E-state index in [0.29, 0.717) is 11.7 Å². The molecule has 0 radical (unpaired) electrons. The first-order valence-corrected chi connectivity index (χ1v) is 11.1. The number of fused-ring (bicyclic) bond motifs is 1. The van der Waals surface area contributed by atoms with E-state index in [1.54, 1.807) is 19.4 Å². The summed E-state index contributed by atoms with van der Waals surface area (Å²) in [6.45, 7) is 5.87. The van der Waals surface area contributed by atoms with Crippen molar-refractivity contribution >= 4 is 38.4 Å². The highest BCUT2D eigenvalue weighted by atomic mass is 79.9. The topological polar surface area (TPSA) is 42.7 Å². The number of halogens is 1. The van der Waals surface area contributed by atoms with Gasteiger partial charge in [0.15, 0.2) is 0 Å². The maximum absolute atomic E-state index is 12.8. The molecule has 4 rings (SSSR count). The predicted molar refractivity (Wildman–Crippen MR) is 125 cm³/mol. The fourth-order valence-electron chi connectivity index (χ4n) is 3.97. The molecular formula is C25H26BrNO3. The molecule has 1 fully saturated rings. The molecule has 3 aromatic rings. The molecular weight excluding hydrogens is 442 g/mol. The van der Waals surface area contributed by atoms with Gasteiger partial charge in [-0.1, -0.05) is 35.0 Å². The van der Waals surface area contributed by atoms with E-state index in [1.165, 1.54) is 0 Å². The van der Waals surface area contributed by atoms with Gasteiger partial charge < -0.3 is 14.1 Å². The van der Waals surface area contributed by atoms with Crippen LogP contribution in [0.4, 0.5) is 0 Å². The van der Waals surface area contributed by atoms with Crippen LogP contribution < -0.4 is 4.74 Å². The zero-order valence-electron chi connectivity index (χ0n) is 17.6. The van der Waals surface area contributed by atoms with Crippen LogP contribution in [0, 0.1) is 5.92 Å². The van der Waals surface area contributed by atoms with Crippen molar-refractivity contribution in [2.45, 2.75) is 26.7 Å². The highest BCUT2D eigenvalue weighted by Crippen LogP contribution is 2.37. The fraction of sp³-hybridized carbons (Fsp3) is 0.320. The number of furan rings is 1. The summed E-state index contributed by atoms with van der Waals surface area (Å²) in [7, 11) is 1.64. The largest absolute Gasteiger partial charge is 0.496 e. The number of allylic oxidation sites excluding steroid dienone is 1. The Morgan fingerprint density at radius 1 is 1.20 bits per heavy atom. The van der Waals surface area contributed by atoms with E-state index in [1.807, 2.05) is 30.0 Å². The van der Waals surface area contributed by atoms with Crippen molar-refractivity contribution in [1.29, 1.82) is 0 Å². The standard InChI is InChI=1S/C25H26BrNO3/c1-16-8-10-27(11-9-16)25(28)12-17(2)20-13-21-22(18-4-6-19(26)7-5-18)15-30-24(21)14-23(20)29-3/h4-7,12-16H,8-11H2,1-3H3/b17-12+. The summed E-state index contributed by atoms with van der Waals surface area (Å²) < 4.78 is 12.5. The van der Waals surface area contributed by atoms with Crippen molar-refractivity contribution in [3.63, 3.8) is 0 Å². The third-order valence-corrected chi connectivity index (χ3v) is 6.44. The van der Waals surface area contributed by atoms with E-state index in [4.69, 9.17) is 9.15 Å². The number of methoxy groups -OCH3 is 1. The number of hydrogen-bond acceptors (Lipinski definition) is 3. The Hall–Kier alpha value is -2.53. The molecule has 1 aromatic heterocycles. The molecule has 1 amide bonds. The lowest BCUT2D eigenvalue weighted by atomic mass is 9.98. The van der Waals surface area contributed by atoms with Crippen LogP contribution in [0.15, 0.2) is 57.6 Å². The van der Waals surface area contributed by atoms with Crippen LogP contribution in [-0.2, 0) is 4.79 Å². The van der Waals surface area contributed by atoms with Gasteiger partial charge in [0.1, 0.15) is 11.3 Å². The lowest BCUT2D eigenvalue weighted by Gasteiger charge is -2.29. The second-order valence-corrected chi connectivity index (χ2v) is 8.96. The summed E-state index contributed by atoms with van der Waals surface area (Å²) in [6.07, 6.45) is 5.65. The zero-order chi connectivity index (χ0) is 21.3. The molecule has 2 aromatic carbocycles. The average molecular weight is 468 g/mol. The number of benzene rings is 2. The lowest BCUT2D eigenvalue weighted by molar-refractivity contribution is -0.127. The number of carbonyl (C=O) groups is 1. The fourth-order valence-corrected chi connectivity index (χ4v) is 4.23. The summed E-state index contributed by atoms with van der Waals surface area (Å²) in [5.41, 5.74) is 4.65. The van der Waals surface area contributed by atoms with Crippen molar-refractivity contribution in [3.05, 3.63) is 58.8 Å². The van der Waals surface area contributed by atoms with E-state index in [-0.39, 0.29) is 5.91 Å². The molecule has 0 aliphatic carbocycles. The third kappa shape index (κ3) is 4.17. The Kier molecular flexibility index (Phi) is 6.00. The van der Waals surface area contributed by atoms with Crippen molar-refractivity contribution in [3.8, 4) is 16.9 Å². The van der Waals surface area contributed by atoms with Crippen LogP contribution in [0.5, 0.6) is 5.75 Å². The minimum absolute atomic E-state index is 0.0712. The molecule has 1 aliphatic rings. The molecule has 0 spiro atoms. The van der Waals surface area contributed by atoms with Gasteiger partial charge in [0.25, 0.3) is 0 Å². The van der Waals surface area contributed by atoms with E-state index < -0.39 is 0 Å². The highest BCUT2D eigenvalue weighted by molar-refractivity contribution is 9.10. The molecule has 0 bridgehead atoms. The van der Waals surface area contributed by atoms with Crippen LogP contribution in [0.1, 0.15) is 32.3 Å². The molecule has 5 heteroatoms. The Morgan fingerprint density at radius 2 is 1.90 bits per heavy atom. The average Bonchev–Trinajstić information content (AvgIpc) is 3.16. The van der Waals surface area contributed by atoms with Gasteiger partial charge in [-0.2, -0.15) is 0 Å². The summed E-state index contributed by atoms with van der Waals surface area (Å²) in [5, 5.41) is 1.00. The number of hydrogen-bond donors (Lipinski definition) is 0. The number of amides is 1. The number of piperidine rings is 1. The van der Waals surface area contributed by atoms with Gasteiger partial charge in [-0.15, -0.1) is 0 Å². The quantitative estimate of drug-likeness (QED) is 0.409. The molecule has 0 atom stereocenters. The smallest absolute Gasteiger partial charge is 0.246 e. The minimum Gasteiger partial charge on any atom is -0.496 e. The third-order valence-electron chi connectivity index (χ3n) is 5.91.